The average Bonchev–Trinajstić information content (AvgIpc) is 3.09. The summed E-state index contributed by atoms with van der Waals surface area (Å²) < 4.78 is 1.51. The van der Waals surface area contributed by atoms with Gasteiger partial charge in [0.05, 0.1) is 10.7 Å². The van der Waals surface area contributed by atoms with Crippen molar-refractivity contribution in [2.75, 3.05) is 13.1 Å². The predicted octanol–water partition coefficient (Wildman–Crippen LogP) is 1.98. The van der Waals surface area contributed by atoms with E-state index < -0.39 is 6.09 Å². The fourth-order valence-electron chi connectivity index (χ4n) is 2.45. The molecule has 0 saturated carbocycles. The minimum atomic E-state index is -0.874. The first-order valence-corrected chi connectivity index (χ1v) is 7.53. The van der Waals surface area contributed by atoms with Gasteiger partial charge in [-0.1, -0.05) is 0 Å². The zero-order valence-electron chi connectivity index (χ0n) is 11.5. The molecule has 3 heterocycles. The Balaban J connectivity index is 1.82. The third-order valence-corrected chi connectivity index (χ3v) is 4.74. The largest absolute Gasteiger partial charge is 0.465 e. The Hall–Kier alpha value is -2.15. The number of nitrogens with zero attached hydrogens (tertiary/aromatic N) is 3. The SMILES string of the molecule is Cn1ccc(-c2csc(C3CCN(C(=O)O)C3)n2)cc1=O. The summed E-state index contributed by atoms with van der Waals surface area (Å²) in [6, 6.07) is 3.43. The lowest BCUT2D eigenvalue weighted by atomic mass is 10.1. The second-order valence-electron chi connectivity index (χ2n) is 5.15. The highest BCUT2D eigenvalue weighted by Crippen LogP contribution is 2.31. The van der Waals surface area contributed by atoms with Gasteiger partial charge in [0.1, 0.15) is 0 Å². The third kappa shape index (κ3) is 2.69. The highest BCUT2D eigenvalue weighted by atomic mass is 32.1. The minimum Gasteiger partial charge on any atom is -0.465 e. The van der Waals surface area contributed by atoms with E-state index in [0.717, 1.165) is 22.7 Å². The summed E-state index contributed by atoms with van der Waals surface area (Å²) in [5.41, 5.74) is 1.51. The van der Waals surface area contributed by atoms with E-state index in [2.05, 4.69) is 4.98 Å². The second kappa shape index (κ2) is 5.33. The van der Waals surface area contributed by atoms with Crippen LogP contribution in [0.1, 0.15) is 17.3 Å². The molecule has 0 spiro atoms. The molecule has 0 bridgehead atoms. The van der Waals surface area contributed by atoms with Crippen molar-refractivity contribution >= 4 is 17.4 Å². The van der Waals surface area contributed by atoms with Gasteiger partial charge in [-0.25, -0.2) is 9.78 Å². The van der Waals surface area contributed by atoms with E-state index in [0.29, 0.717) is 13.1 Å². The fourth-order valence-corrected chi connectivity index (χ4v) is 3.41. The number of likely N-dealkylation sites (tertiary alicyclic amines) is 1. The Morgan fingerprint density at radius 2 is 2.33 bits per heavy atom. The van der Waals surface area contributed by atoms with Gasteiger partial charge in [-0.3, -0.25) is 4.79 Å². The smallest absolute Gasteiger partial charge is 0.407 e. The van der Waals surface area contributed by atoms with E-state index in [4.69, 9.17) is 5.11 Å². The Morgan fingerprint density at radius 3 is 3.00 bits per heavy atom. The molecule has 1 N–H and O–H groups in total. The molecule has 1 unspecified atom stereocenters. The number of rotatable bonds is 2. The average molecular weight is 305 g/mol. The number of hydrogen-bond donors (Lipinski definition) is 1. The molecule has 0 aliphatic carbocycles. The molecular formula is C14H15N3O3S. The molecule has 1 saturated heterocycles. The summed E-state index contributed by atoms with van der Waals surface area (Å²) in [7, 11) is 1.71. The van der Waals surface area contributed by atoms with Gasteiger partial charge >= 0.3 is 6.09 Å². The molecular weight excluding hydrogens is 290 g/mol. The van der Waals surface area contributed by atoms with Crippen LogP contribution in [-0.2, 0) is 7.05 Å². The topological polar surface area (TPSA) is 75.4 Å². The van der Waals surface area contributed by atoms with E-state index in [-0.39, 0.29) is 11.5 Å². The molecule has 21 heavy (non-hydrogen) atoms. The van der Waals surface area contributed by atoms with E-state index in [1.807, 2.05) is 11.4 Å². The van der Waals surface area contributed by atoms with Crippen molar-refractivity contribution in [2.24, 2.45) is 7.05 Å². The predicted molar refractivity (Wildman–Crippen MR) is 79.7 cm³/mol. The summed E-state index contributed by atoms with van der Waals surface area (Å²) in [5, 5.41) is 11.9. The molecule has 0 radical (unpaired) electrons. The summed E-state index contributed by atoms with van der Waals surface area (Å²) in [5.74, 6) is 0.159. The molecule has 3 rings (SSSR count). The number of amides is 1. The number of thiazole rings is 1. The number of aryl methyl sites for hydroxylation is 1. The maximum absolute atomic E-state index is 11.7. The lowest BCUT2D eigenvalue weighted by Gasteiger charge is -2.10. The number of aromatic nitrogens is 2. The summed E-state index contributed by atoms with van der Waals surface area (Å²) in [4.78, 5) is 28.6. The first-order valence-electron chi connectivity index (χ1n) is 6.65. The van der Waals surface area contributed by atoms with Crippen LogP contribution in [0.25, 0.3) is 11.3 Å². The molecule has 1 aliphatic rings. The normalized spacial score (nSPS) is 18.1. The molecule has 1 aliphatic heterocycles. The van der Waals surface area contributed by atoms with E-state index >= 15 is 0 Å². The van der Waals surface area contributed by atoms with Crippen molar-refractivity contribution < 1.29 is 9.90 Å². The molecule has 0 aromatic carbocycles. The maximum atomic E-state index is 11.7. The van der Waals surface area contributed by atoms with Crippen LogP contribution in [0.3, 0.4) is 0 Å². The standard InChI is InChI=1S/C14H15N3O3S/c1-16-4-2-9(6-12(16)18)11-8-21-13(15-11)10-3-5-17(7-10)14(19)20/h2,4,6,8,10H,3,5,7H2,1H3,(H,19,20). The van der Waals surface area contributed by atoms with Crippen LogP contribution >= 0.6 is 11.3 Å². The lowest BCUT2D eigenvalue weighted by molar-refractivity contribution is 0.155. The quantitative estimate of drug-likeness (QED) is 0.920. The molecule has 1 atom stereocenters. The maximum Gasteiger partial charge on any atom is 0.407 e. The van der Waals surface area contributed by atoms with E-state index in [9.17, 15) is 9.59 Å². The van der Waals surface area contributed by atoms with Crippen molar-refractivity contribution in [2.45, 2.75) is 12.3 Å². The fraction of sp³-hybridized carbons (Fsp3) is 0.357. The van der Waals surface area contributed by atoms with Gasteiger partial charge in [0.25, 0.3) is 5.56 Å². The zero-order chi connectivity index (χ0) is 15.0. The van der Waals surface area contributed by atoms with Gasteiger partial charge in [-0.05, 0) is 12.5 Å². The zero-order valence-corrected chi connectivity index (χ0v) is 12.3. The Morgan fingerprint density at radius 1 is 1.52 bits per heavy atom. The van der Waals surface area contributed by atoms with E-state index in [1.54, 1.807) is 19.3 Å². The summed E-state index contributed by atoms with van der Waals surface area (Å²) in [6.45, 7) is 1.06. The van der Waals surface area contributed by atoms with Crippen LogP contribution in [0.5, 0.6) is 0 Å². The molecule has 7 heteroatoms. The van der Waals surface area contributed by atoms with Crippen LogP contribution in [0.2, 0.25) is 0 Å². The van der Waals surface area contributed by atoms with E-state index in [1.165, 1.54) is 20.8 Å². The number of carboxylic acid groups (broad SMARTS) is 1. The molecule has 110 valence electrons. The number of hydrogen-bond acceptors (Lipinski definition) is 4. The van der Waals surface area contributed by atoms with Crippen molar-refractivity contribution in [3.63, 3.8) is 0 Å². The van der Waals surface area contributed by atoms with Gasteiger partial charge in [0.15, 0.2) is 0 Å². The molecule has 1 fully saturated rings. The monoisotopic (exact) mass is 305 g/mol. The van der Waals surface area contributed by atoms with Crippen LogP contribution in [-0.4, -0.2) is 38.7 Å². The highest BCUT2D eigenvalue weighted by molar-refractivity contribution is 7.10. The number of carbonyl (C=O) groups is 1. The summed E-state index contributed by atoms with van der Waals surface area (Å²) >= 11 is 1.53. The Kier molecular flexibility index (Phi) is 3.50. The van der Waals surface area contributed by atoms with Crippen molar-refractivity contribution in [3.05, 3.63) is 39.1 Å². The van der Waals surface area contributed by atoms with Gasteiger partial charge in [-0.2, -0.15) is 0 Å². The third-order valence-electron chi connectivity index (χ3n) is 3.73. The van der Waals surface area contributed by atoms with Gasteiger partial charge in [0, 0.05) is 49.3 Å². The first kappa shape index (κ1) is 13.8. The van der Waals surface area contributed by atoms with Crippen molar-refractivity contribution in [1.29, 1.82) is 0 Å². The lowest BCUT2D eigenvalue weighted by Crippen LogP contribution is -2.26. The van der Waals surface area contributed by atoms with Gasteiger partial charge < -0.3 is 14.6 Å². The van der Waals surface area contributed by atoms with Crippen LogP contribution < -0.4 is 5.56 Å². The van der Waals surface area contributed by atoms with Crippen LogP contribution in [0.4, 0.5) is 4.79 Å². The molecule has 1 amide bonds. The van der Waals surface area contributed by atoms with Gasteiger partial charge in [-0.15, -0.1) is 11.3 Å². The number of pyridine rings is 1. The van der Waals surface area contributed by atoms with Crippen molar-refractivity contribution in [1.82, 2.24) is 14.5 Å². The minimum absolute atomic E-state index is 0.0695. The molecule has 6 nitrogen and oxygen atoms in total. The first-order chi connectivity index (χ1) is 10.0. The Labute approximate surface area is 125 Å². The van der Waals surface area contributed by atoms with Crippen molar-refractivity contribution in [3.8, 4) is 11.3 Å². The molecule has 2 aromatic heterocycles. The van der Waals surface area contributed by atoms with Crippen LogP contribution in [0, 0.1) is 0 Å². The highest BCUT2D eigenvalue weighted by Gasteiger charge is 2.29. The molecule has 2 aromatic rings. The summed E-state index contributed by atoms with van der Waals surface area (Å²) in [6.07, 6.45) is 1.65. The van der Waals surface area contributed by atoms with Gasteiger partial charge in [0.2, 0.25) is 0 Å². The Bertz CT molecular complexity index is 737. The van der Waals surface area contributed by atoms with Crippen LogP contribution in [0.15, 0.2) is 28.5 Å². The second-order valence-corrected chi connectivity index (χ2v) is 6.04.